The lowest BCUT2D eigenvalue weighted by Crippen LogP contribution is -2.26. The van der Waals surface area contributed by atoms with Gasteiger partial charge in [0, 0.05) is 25.5 Å². The maximum atomic E-state index is 4.03. The summed E-state index contributed by atoms with van der Waals surface area (Å²) < 4.78 is 0. The number of hydrogen-bond donors (Lipinski definition) is 1. The Bertz CT molecular complexity index is 280. The lowest BCUT2D eigenvalue weighted by molar-refractivity contribution is 0.278. The molecule has 1 aliphatic heterocycles. The zero-order valence-corrected chi connectivity index (χ0v) is 9.32. The summed E-state index contributed by atoms with van der Waals surface area (Å²) in [7, 11) is 2.19. The summed E-state index contributed by atoms with van der Waals surface area (Å²) in [6.07, 6.45) is 5.04. The van der Waals surface area contributed by atoms with Gasteiger partial charge in [0.15, 0.2) is 0 Å². The molecule has 0 saturated carbocycles. The van der Waals surface area contributed by atoms with Crippen LogP contribution in [-0.4, -0.2) is 36.6 Å². The maximum Gasteiger partial charge on any atom is 0.0271 e. The van der Waals surface area contributed by atoms with Gasteiger partial charge in [-0.3, -0.25) is 4.98 Å². The van der Waals surface area contributed by atoms with Crippen molar-refractivity contribution in [3.05, 3.63) is 30.1 Å². The van der Waals surface area contributed by atoms with E-state index in [1.807, 2.05) is 12.4 Å². The van der Waals surface area contributed by atoms with Crippen LogP contribution in [0.3, 0.4) is 0 Å². The van der Waals surface area contributed by atoms with E-state index in [1.54, 1.807) is 0 Å². The van der Waals surface area contributed by atoms with Crippen molar-refractivity contribution in [2.75, 3.05) is 26.7 Å². The molecule has 2 heterocycles. The SMILES string of the molecule is CN(Cc1ccncc1)CC1CCNC1. The van der Waals surface area contributed by atoms with Crippen molar-refractivity contribution in [3.63, 3.8) is 0 Å². The Hall–Kier alpha value is -0.930. The molecule has 1 N–H and O–H groups in total. The Morgan fingerprint density at radius 1 is 1.47 bits per heavy atom. The van der Waals surface area contributed by atoms with E-state index in [0.717, 1.165) is 12.5 Å². The fraction of sp³-hybridized carbons (Fsp3) is 0.583. The Labute approximate surface area is 91.5 Å². The van der Waals surface area contributed by atoms with Gasteiger partial charge in [-0.1, -0.05) is 0 Å². The third kappa shape index (κ3) is 3.29. The summed E-state index contributed by atoms with van der Waals surface area (Å²) in [6, 6.07) is 4.17. The van der Waals surface area contributed by atoms with Gasteiger partial charge in [0.25, 0.3) is 0 Å². The number of aromatic nitrogens is 1. The molecule has 3 heteroatoms. The molecule has 1 unspecified atom stereocenters. The molecule has 1 aromatic heterocycles. The highest BCUT2D eigenvalue weighted by Crippen LogP contribution is 2.10. The average molecular weight is 205 g/mol. The van der Waals surface area contributed by atoms with Crippen LogP contribution in [0.15, 0.2) is 24.5 Å². The van der Waals surface area contributed by atoms with Crippen molar-refractivity contribution in [1.82, 2.24) is 15.2 Å². The van der Waals surface area contributed by atoms with Crippen molar-refractivity contribution in [3.8, 4) is 0 Å². The monoisotopic (exact) mass is 205 g/mol. The standard InChI is InChI=1S/C12H19N3/c1-15(10-12-4-7-14-8-12)9-11-2-5-13-6-3-11/h2-3,5-6,12,14H,4,7-10H2,1H3. The Balaban J connectivity index is 1.79. The molecule has 0 amide bonds. The summed E-state index contributed by atoms with van der Waals surface area (Å²) in [5, 5.41) is 3.40. The summed E-state index contributed by atoms with van der Waals surface area (Å²) in [5.74, 6) is 0.830. The molecule has 0 aromatic carbocycles. The summed E-state index contributed by atoms with van der Waals surface area (Å²) >= 11 is 0. The number of hydrogen-bond acceptors (Lipinski definition) is 3. The highest BCUT2D eigenvalue weighted by Gasteiger charge is 2.16. The molecule has 1 atom stereocenters. The number of pyridine rings is 1. The van der Waals surface area contributed by atoms with E-state index >= 15 is 0 Å². The average Bonchev–Trinajstić information content (AvgIpc) is 2.71. The second kappa shape index (κ2) is 5.24. The van der Waals surface area contributed by atoms with Crippen LogP contribution in [0.4, 0.5) is 0 Å². The van der Waals surface area contributed by atoms with E-state index in [0.29, 0.717) is 0 Å². The van der Waals surface area contributed by atoms with Crippen LogP contribution < -0.4 is 5.32 Å². The summed E-state index contributed by atoms with van der Waals surface area (Å²) in [4.78, 5) is 6.42. The molecule has 0 aliphatic carbocycles. The van der Waals surface area contributed by atoms with Gasteiger partial charge in [-0.05, 0) is 50.2 Å². The smallest absolute Gasteiger partial charge is 0.0271 e. The van der Waals surface area contributed by atoms with Gasteiger partial charge in [-0.2, -0.15) is 0 Å². The molecule has 1 aliphatic rings. The van der Waals surface area contributed by atoms with E-state index in [9.17, 15) is 0 Å². The predicted molar refractivity (Wildman–Crippen MR) is 61.5 cm³/mol. The van der Waals surface area contributed by atoms with Crippen molar-refractivity contribution in [1.29, 1.82) is 0 Å². The minimum absolute atomic E-state index is 0.830. The zero-order chi connectivity index (χ0) is 10.5. The molecule has 1 fully saturated rings. The third-order valence-electron chi connectivity index (χ3n) is 2.93. The molecule has 1 saturated heterocycles. The Kier molecular flexibility index (Phi) is 3.69. The molecule has 3 nitrogen and oxygen atoms in total. The van der Waals surface area contributed by atoms with Crippen LogP contribution in [-0.2, 0) is 6.54 Å². The quantitative estimate of drug-likeness (QED) is 0.798. The number of nitrogens with zero attached hydrogens (tertiary/aromatic N) is 2. The Morgan fingerprint density at radius 3 is 2.93 bits per heavy atom. The largest absolute Gasteiger partial charge is 0.316 e. The lowest BCUT2D eigenvalue weighted by Gasteiger charge is -2.20. The fourth-order valence-electron chi connectivity index (χ4n) is 2.18. The molecule has 0 bridgehead atoms. The number of rotatable bonds is 4. The zero-order valence-electron chi connectivity index (χ0n) is 9.32. The van der Waals surface area contributed by atoms with Crippen LogP contribution >= 0.6 is 0 Å². The van der Waals surface area contributed by atoms with Gasteiger partial charge >= 0.3 is 0 Å². The Morgan fingerprint density at radius 2 is 2.27 bits per heavy atom. The predicted octanol–water partition coefficient (Wildman–Crippen LogP) is 1.12. The van der Waals surface area contributed by atoms with Crippen LogP contribution in [0.1, 0.15) is 12.0 Å². The first-order valence-electron chi connectivity index (χ1n) is 5.63. The molecule has 1 aromatic rings. The maximum absolute atomic E-state index is 4.03. The lowest BCUT2D eigenvalue weighted by atomic mass is 10.1. The van der Waals surface area contributed by atoms with Crippen molar-refractivity contribution in [2.45, 2.75) is 13.0 Å². The molecular formula is C12H19N3. The van der Waals surface area contributed by atoms with E-state index in [-0.39, 0.29) is 0 Å². The molecule has 0 spiro atoms. The highest BCUT2D eigenvalue weighted by atomic mass is 15.1. The molecule has 82 valence electrons. The normalized spacial score (nSPS) is 21.1. The fourth-order valence-corrected chi connectivity index (χ4v) is 2.18. The van der Waals surface area contributed by atoms with E-state index in [2.05, 4.69) is 34.4 Å². The minimum Gasteiger partial charge on any atom is -0.316 e. The molecule has 2 rings (SSSR count). The molecule has 15 heavy (non-hydrogen) atoms. The topological polar surface area (TPSA) is 28.2 Å². The van der Waals surface area contributed by atoms with Gasteiger partial charge in [-0.15, -0.1) is 0 Å². The first-order chi connectivity index (χ1) is 7.34. The van der Waals surface area contributed by atoms with Gasteiger partial charge in [0.2, 0.25) is 0 Å². The van der Waals surface area contributed by atoms with E-state index in [1.165, 1.54) is 31.6 Å². The van der Waals surface area contributed by atoms with Gasteiger partial charge in [-0.25, -0.2) is 0 Å². The van der Waals surface area contributed by atoms with E-state index < -0.39 is 0 Å². The van der Waals surface area contributed by atoms with Gasteiger partial charge in [0.1, 0.15) is 0 Å². The first kappa shape index (κ1) is 10.6. The van der Waals surface area contributed by atoms with Crippen LogP contribution in [0.25, 0.3) is 0 Å². The van der Waals surface area contributed by atoms with Crippen LogP contribution in [0.2, 0.25) is 0 Å². The second-order valence-corrected chi connectivity index (χ2v) is 4.41. The molecular weight excluding hydrogens is 186 g/mol. The van der Waals surface area contributed by atoms with Crippen molar-refractivity contribution >= 4 is 0 Å². The number of nitrogens with one attached hydrogen (secondary N) is 1. The van der Waals surface area contributed by atoms with E-state index in [4.69, 9.17) is 0 Å². The van der Waals surface area contributed by atoms with Crippen LogP contribution in [0, 0.1) is 5.92 Å². The summed E-state index contributed by atoms with van der Waals surface area (Å²) in [5.41, 5.74) is 1.35. The second-order valence-electron chi connectivity index (χ2n) is 4.41. The van der Waals surface area contributed by atoms with Gasteiger partial charge < -0.3 is 10.2 Å². The van der Waals surface area contributed by atoms with Gasteiger partial charge in [0.05, 0.1) is 0 Å². The first-order valence-corrected chi connectivity index (χ1v) is 5.63. The van der Waals surface area contributed by atoms with Crippen molar-refractivity contribution < 1.29 is 0 Å². The summed E-state index contributed by atoms with van der Waals surface area (Å²) in [6.45, 7) is 4.59. The third-order valence-corrected chi connectivity index (χ3v) is 2.93. The highest BCUT2D eigenvalue weighted by molar-refractivity contribution is 5.09. The van der Waals surface area contributed by atoms with Crippen molar-refractivity contribution in [2.24, 2.45) is 5.92 Å². The van der Waals surface area contributed by atoms with Crippen LogP contribution in [0.5, 0.6) is 0 Å². The molecule has 0 radical (unpaired) electrons. The minimum atomic E-state index is 0.830.